The third-order valence-corrected chi connectivity index (χ3v) is 4.90. The Hall–Kier alpha value is -3.34. The first kappa shape index (κ1) is 17.1. The fourth-order valence-electron chi connectivity index (χ4n) is 3.42. The van der Waals surface area contributed by atoms with Crippen molar-refractivity contribution in [1.29, 1.82) is 0 Å². The number of aliphatic carboxylic acids is 1. The molecule has 4 rings (SSSR count). The Labute approximate surface area is 156 Å². The van der Waals surface area contributed by atoms with Crippen molar-refractivity contribution in [3.63, 3.8) is 0 Å². The van der Waals surface area contributed by atoms with Crippen molar-refractivity contribution in [3.8, 4) is 5.75 Å². The number of carbonyl (C=O) groups is 2. The van der Waals surface area contributed by atoms with Crippen LogP contribution in [-0.4, -0.2) is 23.5 Å². The third kappa shape index (κ3) is 3.49. The molecule has 5 heteroatoms. The summed E-state index contributed by atoms with van der Waals surface area (Å²) in [7, 11) is 0. The fourth-order valence-corrected chi connectivity index (χ4v) is 3.42. The van der Waals surface area contributed by atoms with Crippen LogP contribution in [0.2, 0.25) is 0 Å². The van der Waals surface area contributed by atoms with Crippen molar-refractivity contribution in [3.05, 3.63) is 72.3 Å². The van der Waals surface area contributed by atoms with Crippen LogP contribution in [0.4, 0.5) is 5.69 Å². The van der Waals surface area contributed by atoms with Crippen molar-refractivity contribution in [1.82, 2.24) is 0 Å². The summed E-state index contributed by atoms with van der Waals surface area (Å²) in [6.07, 6.45) is 0.0503. The molecule has 0 aromatic heterocycles. The zero-order valence-corrected chi connectivity index (χ0v) is 14.7. The van der Waals surface area contributed by atoms with Crippen molar-refractivity contribution in [2.75, 3.05) is 11.4 Å². The molecule has 0 bridgehead atoms. The maximum atomic E-state index is 12.0. The number of anilines is 1. The first-order chi connectivity index (χ1) is 13.1. The molecule has 1 saturated heterocycles. The lowest BCUT2D eigenvalue weighted by Crippen LogP contribution is -2.25. The number of benzene rings is 3. The van der Waals surface area contributed by atoms with Gasteiger partial charge in [-0.15, -0.1) is 0 Å². The van der Waals surface area contributed by atoms with Gasteiger partial charge in [-0.3, -0.25) is 9.59 Å². The van der Waals surface area contributed by atoms with Crippen molar-refractivity contribution < 1.29 is 19.4 Å². The lowest BCUT2D eigenvalue weighted by atomic mass is 10.1. The quantitative estimate of drug-likeness (QED) is 0.749. The van der Waals surface area contributed by atoms with Gasteiger partial charge < -0.3 is 14.7 Å². The Kier molecular flexibility index (Phi) is 4.50. The van der Waals surface area contributed by atoms with Crippen LogP contribution in [0.15, 0.2) is 66.7 Å². The minimum atomic E-state index is -0.930. The zero-order valence-electron chi connectivity index (χ0n) is 14.7. The Balaban J connectivity index is 1.45. The van der Waals surface area contributed by atoms with Crippen LogP contribution >= 0.6 is 0 Å². The number of fused-ring (bicyclic) bond motifs is 1. The molecule has 1 fully saturated rings. The van der Waals surface area contributed by atoms with E-state index in [0.717, 1.165) is 5.56 Å². The summed E-state index contributed by atoms with van der Waals surface area (Å²) >= 11 is 0. The molecule has 1 heterocycles. The van der Waals surface area contributed by atoms with Gasteiger partial charge >= 0.3 is 5.97 Å². The minimum Gasteiger partial charge on any atom is -0.489 e. The van der Waals surface area contributed by atoms with Crippen LogP contribution in [-0.2, 0) is 16.2 Å². The number of carboxylic acid groups (broad SMARTS) is 1. The molecular weight excluding hydrogens is 342 g/mol. The van der Waals surface area contributed by atoms with E-state index in [2.05, 4.69) is 18.2 Å². The van der Waals surface area contributed by atoms with Gasteiger partial charge in [0.05, 0.1) is 5.92 Å². The Morgan fingerprint density at radius 3 is 2.52 bits per heavy atom. The molecule has 0 saturated carbocycles. The van der Waals surface area contributed by atoms with E-state index in [9.17, 15) is 9.59 Å². The van der Waals surface area contributed by atoms with Gasteiger partial charge in [-0.25, -0.2) is 0 Å². The highest BCUT2D eigenvalue weighted by molar-refractivity contribution is 5.99. The SMILES string of the molecule is O=C(O)[C@@H]1CC(=O)N(c2ccc(OCc3cccc4ccccc34)cc2)C1. The molecule has 0 aliphatic carbocycles. The molecule has 1 atom stereocenters. The molecule has 0 spiro atoms. The fraction of sp³-hybridized carbons (Fsp3) is 0.182. The van der Waals surface area contributed by atoms with Crippen LogP contribution in [0.1, 0.15) is 12.0 Å². The minimum absolute atomic E-state index is 0.0503. The number of nitrogens with zero attached hydrogens (tertiary/aromatic N) is 1. The number of hydrogen-bond donors (Lipinski definition) is 1. The van der Waals surface area contributed by atoms with Crippen molar-refractivity contribution >= 4 is 28.3 Å². The predicted molar refractivity (Wildman–Crippen MR) is 103 cm³/mol. The molecule has 0 unspecified atom stereocenters. The van der Waals surface area contributed by atoms with E-state index in [1.54, 1.807) is 12.1 Å². The molecule has 136 valence electrons. The van der Waals surface area contributed by atoms with Gasteiger partial charge in [0.2, 0.25) is 5.91 Å². The van der Waals surface area contributed by atoms with Gasteiger partial charge in [-0.2, -0.15) is 0 Å². The number of hydrogen-bond acceptors (Lipinski definition) is 3. The molecule has 3 aromatic rings. The normalized spacial score (nSPS) is 16.7. The average molecular weight is 361 g/mol. The zero-order chi connectivity index (χ0) is 18.8. The smallest absolute Gasteiger partial charge is 0.308 e. The van der Waals surface area contributed by atoms with Crippen molar-refractivity contribution in [2.24, 2.45) is 5.92 Å². The topological polar surface area (TPSA) is 66.8 Å². The second kappa shape index (κ2) is 7.11. The summed E-state index contributed by atoms with van der Waals surface area (Å²) in [4.78, 5) is 24.7. The number of carboxylic acids is 1. The Morgan fingerprint density at radius 2 is 1.78 bits per heavy atom. The van der Waals surface area contributed by atoms with E-state index in [4.69, 9.17) is 9.84 Å². The van der Waals surface area contributed by atoms with E-state index < -0.39 is 11.9 Å². The van der Waals surface area contributed by atoms with Crippen LogP contribution in [0.5, 0.6) is 5.75 Å². The first-order valence-electron chi connectivity index (χ1n) is 8.84. The van der Waals surface area contributed by atoms with E-state index in [1.165, 1.54) is 15.7 Å². The van der Waals surface area contributed by atoms with E-state index in [-0.39, 0.29) is 18.9 Å². The predicted octanol–water partition coefficient (Wildman–Crippen LogP) is 3.86. The van der Waals surface area contributed by atoms with Crippen molar-refractivity contribution in [2.45, 2.75) is 13.0 Å². The third-order valence-electron chi connectivity index (χ3n) is 4.90. The summed E-state index contributed by atoms with van der Waals surface area (Å²) in [6.45, 7) is 0.662. The maximum absolute atomic E-state index is 12.0. The highest BCUT2D eigenvalue weighted by Crippen LogP contribution is 2.27. The van der Waals surface area contributed by atoms with E-state index in [0.29, 0.717) is 18.0 Å². The Bertz CT molecular complexity index is 991. The molecule has 5 nitrogen and oxygen atoms in total. The lowest BCUT2D eigenvalue weighted by molar-refractivity contribution is -0.141. The van der Waals surface area contributed by atoms with Crippen LogP contribution in [0, 0.1) is 5.92 Å². The van der Waals surface area contributed by atoms with Gasteiger partial charge in [0.15, 0.2) is 0 Å². The first-order valence-corrected chi connectivity index (χ1v) is 8.84. The molecular formula is C22H19NO4. The summed E-state index contributed by atoms with van der Waals surface area (Å²) in [5.74, 6) is -1.03. The van der Waals surface area contributed by atoms with Crippen LogP contribution in [0.3, 0.4) is 0 Å². The van der Waals surface area contributed by atoms with E-state index >= 15 is 0 Å². The lowest BCUT2D eigenvalue weighted by Gasteiger charge is -2.16. The molecule has 0 radical (unpaired) electrons. The molecule has 1 aliphatic rings. The number of amides is 1. The molecule has 3 aromatic carbocycles. The van der Waals surface area contributed by atoms with Gasteiger partial charge in [0.1, 0.15) is 12.4 Å². The van der Waals surface area contributed by atoms with Gasteiger partial charge in [0.25, 0.3) is 0 Å². The largest absolute Gasteiger partial charge is 0.489 e. The highest BCUT2D eigenvalue weighted by Gasteiger charge is 2.34. The number of rotatable bonds is 5. The monoisotopic (exact) mass is 361 g/mol. The number of ether oxygens (including phenoxy) is 1. The summed E-state index contributed by atoms with van der Waals surface area (Å²) in [6, 6.07) is 21.5. The second-order valence-electron chi connectivity index (χ2n) is 6.66. The van der Waals surface area contributed by atoms with Gasteiger partial charge in [-0.05, 0) is 40.6 Å². The second-order valence-corrected chi connectivity index (χ2v) is 6.66. The van der Waals surface area contributed by atoms with Gasteiger partial charge in [-0.1, -0.05) is 42.5 Å². The molecule has 1 aliphatic heterocycles. The summed E-state index contributed by atoms with van der Waals surface area (Å²) < 4.78 is 5.91. The average Bonchev–Trinajstić information content (AvgIpc) is 3.09. The van der Waals surface area contributed by atoms with Crippen LogP contribution < -0.4 is 9.64 Å². The van der Waals surface area contributed by atoms with Gasteiger partial charge in [0, 0.05) is 18.7 Å². The standard InChI is InChI=1S/C22H19NO4/c24-21-12-17(22(25)26)13-23(21)18-8-10-19(11-9-18)27-14-16-6-3-5-15-4-1-2-7-20(15)16/h1-11,17H,12-14H2,(H,25,26)/t17-/m1/s1. The molecule has 1 N–H and O–H groups in total. The summed E-state index contributed by atoms with van der Waals surface area (Å²) in [5, 5.41) is 11.4. The molecule has 1 amide bonds. The van der Waals surface area contributed by atoms with Crippen LogP contribution in [0.25, 0.3) is 10.8 Å². The maximum Gasteiger partial charge on any atom is 0.308 e. The Morgan fingerprint density at radius 1 is 1.04 bits per heavy atom. The summed E-state index contributed by atoms with van der Waals surface area (Å²) in [5.41, 5.74) is 1.80. The number of carbonyl (C=O) groups excluding carboxylic acids is 1. The highest BCUT2D eigenvalue weighted by atomic mass is 16.5. The molecule has 27 heavy (non-hydrogen) atoms. The van der Waals surface area contributed by atoms with E-state index in [1.807, 2.05) is 36.4 Å².